The smallest absolute Gasteiger partial charge is 0.340 e. The number of esters is 1. The summed E-state index contributed by atoms with van der Waals surface area (Å²) in [6.45, 7) is 1.66. The third-order valence-electron chi connectivity index (χ3n) is 0.768. The minimum absolute atomic E-state index is 0.106. The van der Waals surface area contributed by atoms with Crippen molar-refractivity contribution in [1.82, 2.24) is 0 Å². The fourth-order valence-corrected chi connectivity index (χ4v) is 0.710. The Bertz CT molecular complexity index is 244. The zero-order chi connectivity index (χ0) is 8.85. The Balaban J connectivity index is 4.15. The maximum atomic E-state index is 10.5. The standard InChI is InChI=1S/C5H8O5S/c1-2-10-5(7)4(6)3-11(8)9/h3-4,6H,2H2,1H3. The summed E-state index contributed by atoms with van der Waals surface area (Å²) in [7, 11) is -2.55. The van der Waals surface area contributed by atoms with E-state index in [0.717, 1.165) is 0 Å². The number of carbonyl (C=O) groups excluding carboxylic acids is 1. The summed E-state index contributed by atoms with van der Waals surface area (Å²) in [6.07, 6.45) is -1.69. The zero-order valence-electron chi connectivity index (χ0n) is 5.85. The van der Waals surface area contributed by atoms with Gasteiger partial charge in [0.25, 0.3) is 0 Å². The highest BCUT2D eigenvalue weighted by Crippen LogP contribution is 1.83. The van der Waals surface area contributed by atoms with E-state index in [4.69, 9.17) is 5.11 Å². The van der Waals surface area contributed by atoms with Crippen molar-refractivity contribution in [2.75, 3.05) is 6.61 Å². The quantitative estimate of drug-likeness (QED) is 0.426. The third kappa shape index (κ3) is 4.51. The molecule has 0 aliphatic heterocycles. The van der Waals surface area contributed by atoms with Gasteiger partial charge in [0.2, 0.25) is 10.3 Å². The Morgan fingerprint density at radius 2 is 2.27 bits per heavy atom. The topological polar surface area (TPSA) is 80.7 Å². The Labute approximate surface area is 65.1 Å². The Morgan fingerprint density at radius 3 is 2.64 bits per heavy atom. The molecule has 0 aromatic heterocycles. The van der Waals surface area contributed by atoms with E-state index in [1.807, 2.05) is 0 Å². The van der Waals surface area contributed by atoms with Crippen molar-refractivity contribution in [3.05, 3.63) is 0 Å². The first-order valence-corrected chi connectivity index (χ1v) is 3.99. The molecule has 0 heterocycles. The molecule has 6 heteroatoms. The van der Waals surface area contributed by atoms with Gasteiger partial charge in [-0.2, -0.15) is 8.42 Å². The van der Waals surface area contributed by atoms with Gasteiger partial charge in [0.1, 0.15) is 0 Å². The lowest BCUT2D eigenvalue weighted by Gasteiger charge is -2.01. The van der Waals surface area contributed by atoms with E-state index in [9.17, 15) is 13.2 Å². The maximum Gasteiger partial charge on any atom is 0.340 e. The fourth-order valence-electron chi connectivity index (χ4n) is 0.388. The van der Waals surface area contributed by atoms with Gasteiger partial charge in [-0.15, -0.1) is 0 Å². The molecule has 11 heavy (non-hydrogen) atoms. The Kier molecular flexibility index (Phi) is 4.47. The van der Waals surface area contributed by atoms with Gasteiger partial charge in [0.05, 0.1) is 12.0 Å². The number of hydrogen-bond donors (Lipinski definition) is 1. The number of aliphatic hydroxyl groups is 1. The fraction of sp³-hybridized carbons (Fsp3) is 0.600. The van der Waals surface area contributed by atoms with Crippen LogP contribution in [0.4, 0.5) is 0 Å². The second-order valence-corrected chi connectivity index (χ2v) is 2.39. The van der Waals surface area contributed by atoms with Gasteiger partial charge in [-0.25, -0.2) is 4.79 Å². The molecule has 0 aliphatic rings. The second-order valence-electron chi connectivity index (χ2n) is 1.59. The highest BCUT2D eigenvalue weighted by Gasteiger charge is 2.12. The monoisotopic (exact) mass is 180 g/mol. The molecule has 1 N–H and O–H groups in total. The molecule has 1 atom stereocenters. The van der Waals surface area contributed by atoms with Gasteiger partial charge in [0.15, 0.2) is 6.10 Å². The molecule has 0 radical (unpaired) electrons. The largest absolute Gasteiger partial charge is 0.464 e. The highest BCUT2D eigenvalue weighted by atomic mass is 32.2. The van der Waals surface area contributed by atoms with Crippen molar-refractivity contribution < 1.29 is 23.1 Å². The van der Waals surface area contributed by atoms with E-state index in [0.29, 0.717) is 5.37 Å². The molecule has 0 spiro atoms. The van der Waals surface area contributed by atoms with E-state index in [1.165, 1.54) is 0 Å². The third-order valence-corrected chi connectivity index (χ3v) is 1.25. The molecular formula is C5H8O5S. The molecule has 0 aromatic rings. The van der Waals surface area contributed by atoms with Crippen LogP contribution >= 0.6 is 0 Å². The molecule has 64 valence electrons. The van der Waals surface area contributed by atoms with E-state index in [1.54, 1.807) is 6.92 Å². The van der Waals surface area contributed by atoms with Crippen LogP contribution in [0, 0.1) is 0 Å². The molecule has 1 unspecified atom stereocenters. The van der Waals surface area contributed by atoms with Crippen molar-refractivity contribution in [3.8, 4) is 0 Å². The van der Waals surface area contributed by atoms with Crippen LogP contribution in [0.2, 0.25) is 0 Å². The maximum absolute atomic E-state index is 10.5. The van der Waals surface area contributed by atoms with Gasteiger partial charge in [-0.1, -0.05) is 0 Å². The van der Waals surface area contributed by atoms with E-state index >= 15 is 0 Å². The van der Waals surface area contributed by atoms with Crippen LogP contribution in [-0.2, 0) is 19.8 Å². The number of ether oxygens (including phenoxy) is 1. The van der Waals surface area contributed by atoms with Crippen molar-refractivity contribution in [2.45, 2.75) is 13.0 Å². The van der Waals surface area contributed by atoms with Crippen LogP contribution in [-0.4, -0.2) is 37.6 Å². The van der Waals surface area contributed by atoms with E-state index in [2.05, 4.69) is 4.74 Å². The number of carbonyl (C=O) groups is 1. The van der Waals surface area contributed by atoms with Crippen LogP contribution in [0.15, 0.2) is 0 Å². The van der Waals surface area contributed by atoms with E-state index in [-0.39, 0.29) is 6.61 Å². The van der Waals surface area contributed by atoms with Gasteiger partial charge in [-0.3, -0.25) is 0 Å². The predicted octanol–water partition coefficient (Wildman–Crippen LogP) is -1.41. The average Bonchev–Trinajstić information content (AvgIpc) is 1.86. The second kappa shape index (κ2) is 4.86. The molecule has 0 saturated carbocycles. The number of aliphatic hydroxyl groups excluding tert-OH is 1. The molecule has 5 nitrogen and oxygen atoms in total. The van der Waals surface area contributed by atoms with Crippen LogP contribution in [0.25, 0.3) is 0 Å². The average molecular weight is 180 g/mol. The van der Waals surface area contributed by atoms with Crippen LogP contribution in [0.1, 0.15) is 6.92 Å². The van der Waals surface area contributed by atoms with Crippen LogP contribution in [0.5, 0.6) is 0 Å². The lowest BCUT2D eigenvalue weighted by molar-refractivity contribution is -0.149. The summed E-state index contributed by atoms with van der Waals surface area (Å²) in [5, 5.41) is 9.15. The molecule has 0 aliphatic carbocycles. The summed E-state index contributed by atoms with van der Waals surface area (Å²) < 4.78 is 24.1. The SMILES string of the molecule is CCOC(=O)C(O)C=S(=O)=O. The Morgan fingerprint density at radius 1 is 1.73 bits per heavy atom. The first kappa shape index (κ1) is 10.1. The molecule has 0 saturated heterocycles. The summed E-state index contributed by atoms with van der Waals surface area (Å²) >= 11 is 0. The lowest BCUT2D eigenvalue weighted by Crippen LogP contribution is -2.24. The normalized spacial score (nSPS) is 11.8. The minimum Gasteiger partial charge on any atom is -0.464 e. The minimum atomic E-state index is -2.55. The molecule has 0 amide bonds. The van der Waals surface area contributed by atoms with Gasteiger partial charge >= 0.3 is 5.97 Å². The van der Waals surface area contributed by atoms with Crippen molar-refractivity contribution in [3.63, 3.8) is 0 Å². The summed E-state index contributed by atoms with van der Waals surface area (Å²) in [4.78, 5) is 10.5. The first-order chi connectivity index (χ1) is 5.07. The van der Waals surface area contributed by atoms with Crippen molar-refractivity contribution in [1.29, 1.82) is 0 Å². The van der Waals surface area contributed by atoms with Crippen LogP contribution < -0.4 is 0 Å². The lowest BCUT2D eigenvalue weighted by atomic mass is 10.4. The van der Waals surface area contributed by atoms with Gasteiger partial charge in [-0.05, 0) is 6.92 Å². The van der Waals surface area contributed by atoms with E-state index < -0.39 is 22.4 Å². The summed E-state index contributed by atoms with van der Waals surface area (Å²) in [5.74, 6) is -0.961. The predicted molar refractivity (Wildman–Crippen MR) is 37.6 cm³/mol. The van der Waals surface area contributed by atoms with Gasteiger partial charge in [0, 0.05) is 0 Å². The summed E-state index contributed by atoms with van der Waals surface area (Å²) in [5.41, 5.74) is 0. The highest BCUT2D eigenvalue weighted by molar-refractivity contribution is 7.71. The van der Waals surface area contributed by atoms with Crippen molar-refractivity contribution in [2.24, 2.45) is 0 Å². The molecule has 0 aromatic carbocycles. The van der Waals surface area contributed by atoms with Crippen molar-refractivity contribution >= 4 is 21.6 Å². The van der Waals surface area contributed by atoms with Crippen LogP contribution in [0.3, 0.4) is 0 Å². The molecule has 0 rings (SSSR count). The zero-order valence-corrected chi connectivity index (χ0v) is 6.67. The number of rotatable bonds is 3. The molecule has 0 bridgehead atoms. The molecular weight excluding hydrogens is 172 g/mol. The number of hydrogen-bond acceptors (Lipinski definition) is 5. The first-order valence-electron chi connectivity index (χ1n) is 2.85. The summed E-state index contributed by atoms with van der Waals surface area (Å²) in [6, 6.07) is 0. The molecule has 0 fully saturated rings. The Hall–Kier alpha value is -0.880. The van der Waals surface area contributed by atoms with Gasteiger partial charge < -0.3 is 9.84 Å².